The van der Waals surface area contributed by atoms with Gasteiger partial charge in [-0.2, -0.15) is 0 Å². The number of thiocarbonyl (C=S) groups is 1. The Bertz CT molecular complexity index is 945. The molecule has 0 saturated carbocycles. The summed E-state index contributed by atoms with van der Waals surface area (Å²) < 4.78 is 5.80. The summed E-state index contributed by atoms with van der Waals surface area (Å²) in [4.78, 5) is 28.7. The van der Waals surface area contributed by atoms with E-state index in [2.05, 4.69) is 10.2 Å². The van der Waals surface area contributed by atoms with E-state index in [-0.39, 0.29) is 10.7 Å². The van der Waals surface area contributed by atoms with Crippen LogP contribution in [-0.2, 0) is 9.59 Å². The average molecular weight is 402 g/mol. The molecular formula is C19H16ClN3O3S. The Hall–Kier alpha value is -2.64. The highest BCUT2D eigenvalue weighted by atomic mass is 35.5. The zero-order valence-corrected chi connectivity index (χ0v) is 15.8. The minimum atomic E-state index is -0.547. The molecule has 138 valence electrons. The molecule has 8 heteroatoms. The first kappa shape index (κ1) is 17.8. The lowest BCUT2D eigenvalue weighted by atomic mass is 10.1. The molecule has 0 aliphatic carbocycles. The molecule has 3 heterocycles. The van der Waals surface area contributed by atoms with Crippen LogP contribution in [0.1, 0.15) is 18.6 Å². The second-order valence-corrected chi connectivity index (χ2v) is 7.13. The van der Waals surface area contributed by atoms with Gasteiger partial charge in [-0.15, -0.1) is 0 Å². The molecule has 0 bridgehead atoms. The van der Waals surface area contributed by atoms with Gasteiger partial charge in [0.25, 0.3) is 11.8 Å². The van der Waals surface area contributed by atoms with Crippen LogP contribution in [0.25, 0.3) is 6.08 Å². The van der Waals surface area contributed by atoms with Gasteiger partial charge in [0.05, 0.1) is 5.69 Å². The first-order valence-corrected chi connectivity index (χ1v) is 9.33. The van der Waals surface area contributed by atoms with Crippen LogP contribution in [0.5, 0.6) is 0 Å². The Morgan fingerprint density at radius 3 is 2.48 bits per heavy atom. The Kier molecular flexibility index (Phi) is 4.72. The molecule has 2 aliphatic heterocycles. The summed E-state index contributed by atoms with van der Waals surface area (Å²) in [6, 6.07) is 10.2. The number of furan rings is 1. The number of carbonyl (C=O) groups excluding carboxylic acids is 2. The number of benzene rings is 1. The standard InChI is InChI=1S/C19H16ClN3O3S/c20-12-3-5-13(6-4-12)23-18(25)15(17(24)21-19(23)27)11-14-7-8-16(26-14)22-9-1-2-10-22/h3-8,11H,1-2,9-10H2,(H,21,24,27). The fourth-order valence-electron chi connectivity index (χ4n) is 3.15. The Balaban J connectivity index is 1.64. The summed E-state index contributed by atoms with van der Waals surface area (Å²) in [6.07, 6.45) is 3.71. The van der Waals surface area contributed by atoms with E-state index in [0.29, 0.717) is 16.5 Å². The van der Waals surface area contributed by atoms with Gasteiger partial charge in [-0.25, -0.2) is 0 Å². The summed E-state index contributed by atoms with van der Waals surface area (Å²) in [5.41, 5.74) is 0.485. The van der Waals surface area contributed by atoms with E-state index in [1.165, 1.54) is 11.0 Å². The van der Waals surface area contributed by atoms with Crippen LogP contribution in [0.2, 0.25) is 5.02 Å². The maximum Gasteiger partial charge on any atom is 0.270 e. The number of halogens is 1. The lowest BCUT2D eigenvalue weighted by molar-refractivity contribution is -0.122. The van der Waals surface area contributed by atoms with Crippen molar-refractivity contribution in [2.75, 3.05) is 22.9 Å². The molecule has 0 atom stereocenters. The van der Waals surface area contributed by atoms with E-state index in [4.69, 9.17) is 28.2 Å². The van der Waals surface area contributed by atoms with Crippen molar-refractivity contribution in [3.05, 3.63) is 52.8 Å². The number of rotatable bonds is 3. The van der Waals surface area contributed by atoms with Gasteiger partial charge in [0, 0.05) is 24.2 Å². The smallest absolute Gasteiger partial charge is 0.270 e. The average Bonchev–Trinajstić information content (AvgIpc) is 3.31. The van der Waals surface area contributed by atoms with E-state index in [1.807, 2.05) is 6.07 Å². The van der Waals surface area contributed by atoms with Crippen molar-refractivity contribution in [3.63, 3.8) is 0 Å². The Labute approximate surface area is 166 Å². The number of nitrogens with one attached hydrogen (secondary N) is 1. The maximum absolute atomic E-state index is 12.9. The van der Waals surface area contributed by atoms with Crippen LogP contribution >= 0.6 is 23.8 Å². The first-order valence-electron chi connectivity index (χ1n) is 8.55. The highest BCUT2D eigenvalue weighted by Crippen LogP contribution is 2.26. The molecule has 2 fully saturated rings. The number of carbonyl (C=O) groups is 2. The molecule has 27 heavy (non-hydrogen) atoms. The fraction of sp³-hybridized carbons (Fsp3) is 0.211. The lowest BCUT2D eigenvalue weighted by Gasteiger charge is -2.28. The van der Waals surface area contributed by atoms with E-state index in [1.54, 1.807) is 30.3 Å². The van der Waals surface area contributed by atoms with Crippen LogP contribution < -0.4 is 15.1 Å². The van der Waals surface area contributed by atoms with Crippen LogP contribution in [0.15, 0.2) is 46.4 Å². The van der Waals surface area contributed by atoms with Crippen LogP contribution in [-0.4, -0.2) is 30.0 Å². The molecule has 2 amide bonds. The van der Waals surface area contributed by atoms with Gasteiger partial charge in [-0.3, -0.25) is 19.8 Å². The number of anilines is 2. The van der Waals surface area contributed by atoms with Crippen molar-refractivity contribution < 1.29 is 14.0 Å². The van der Waals surface area contributed by atoms with Crippen LogP contribution in [0.3, 0.4) is 0 Å². The Morgan fingerprint density at radius 2 is 1.78 bits per heavy atom. The van der Waals surface area contributed by atoms with Crippen molar-refractivity contribution in [1.82, 2.24) is 5.32 Å². The first-order chi connectivity index (χ1) is 13.0. The number of amides is 2. The summed E-state index contributed by atoms with van der Waals surface area (Å²) in [5.74, 6) is 0.131. The molecule has 0 unspecified atom stereocenters. The third-order valence-corrected chi connectivity index (χ3v) is 5.04. The normalized spacial score (nSPS) is 19.1. The highest BCUT2D eigenvalue weighted by molar-refractivity contribution is 7.80. The number of hydrogen-bond acceptors (Lipinski definition) is 5. The van der Waals surface area contributed by atoms with Crippen LogP contribution in [0.4, 0.5) is 11.6 Å². The molecule has 0 radical (unpaired) electrons. The van der Waals surface area contributed by atoms with Crippen molar-refractivity contribution in [1.29, 1.82) is 0 Å². The second-order valence-electron chi connectivity index (χ2n) is 6.30. The van der Waals surface area contributed by atoms with E-state index < -0.39 is 11.8 Å². The topological polar surface area (TPSA) is 65.8 Å². The monoisotopic (exact) mass is 401 g/mol. The minimum absolute atomic E-state index is 0.0293. The summed E-state index contributed by atoms with van der Waals surface area (Å²) in [7, 11) is 0. The van der Waals surface area contributed by atoms with E-state index in [9.17, 15) is 9.59 Å². The minimum Gasteiger partial charge on any atom is -0.441 e. The SMILES string of the molecule is O=C1NC(=S)N(c2ccc(Cl)cc2)C(=O)C1=Cc1ccc(N2CCCC2)o1. The fourth-order valence-corrected chi connectivity index (χ4v) is 3.56. The van der Waals surface area contributed by atoms with Gasteiger partial charge in [0.15, 0.2) is 11.0 Å². The maximum atomic E-state index is 12.9. The van der Waals surface area contributed by atoms with Crippen molar-refractivity contribution in [2.24, 2.45) is 0 Å². The predicted molar refractivity (Wildman–Crippen MR) is 108 cm³/mol. The van der Waals surface area contributed by atoms with Gasteiger partial charge >= 0.3 is 0 Å². The number of hydrogen-bond donors (Lipinski definition) is 1. The molecule has 4 rings (SSSR count). The summed E-state index contributed by atoms with van der Waals surface area (Å²) in [6.45, 7) is 1.89. The van der Waals surface area contributed by atoms with Gasteiger partial charge in [0.1, 0.15) is 11.3 Å². The van der Waals surface area contributed by atoms with Crippen LogP contribution in [0, 0.1) is 0 Å². The molecule has 2 aromatic rings. The summed E-state index contributed by atoms with van der Waals surface area (Å²) in [5, 5.41) is 3.12. The predicted octanol–water partition coefficient (Wildman–Crippen LogP) is 3.36. The molecule has 2 saturated heterocycles. The molecule has 2 aliphatic rings. The molecule has 1 aromatic carbocycles. The molecule has 6 nitrogen and oxygen atoms in total. The Morgan fingerprint density at radius 1 is 1.07 bits per heavy atom. The zero-order valence-electron chi connectivity index (χ0n) is 14.3. The molecule has 1 aromatic heterocycles. The third kappa shape index (κ3) is 3.48. The molecule has 0 spiro atoms. The van der Waals surface area contributed by atoms with Gasteiger partial charge in [-0.1, -0.05) is 11.6 Å². The van der Waals surface area contributed by atoms with Crippen molar-refractivity contribution in [3.8, 4) is 0 Å². The summed E-state index contributed by atoms with van der Waals surface area (Å²) >= 11 is 11.1. The van der Waals surface area contributed by atoms with Crippen molar-refractivity contribution in [2.45, 2.75) is 12.8 Å². The number of nitrogens with zero attached hydrogens (tertiary/aromatic N) is 2. The quantitative estimate of drug-likeness (QED) is 0.485. The van der Waals surface area contributed by atoms with E-state index in [0.717, 1.165) is 31.8 Å². The molecule has 1 N–H and O–H groups in total. The van der Waals surface area contributed by atoms with Gasteiger partial charge in [0.2, 0.25) is 0 Å². The van der Waals surface area contributed by atoms with E-state index >= 15 is 0 Å². The third-order valence-electron chi connectivity index (χ3n) is 4.50. The largest absolute Gasteiger partial charge is 0.441 e. The lowest BCUT2D eigenvalue weighted by Crippen LogP contribution is -2.54. The second kappa shape index (κ2) is 7.17. The van der Waals surface area contributed by atoms with Gasteiger partial charge < -0.3 is 9.32 Å². The van der Waals surface area contributed by atoms with Crippen molar-refractivity contribution >= 4 is 58.4 Å². The zero-order chi connectivity index (χ0) is 19.0. The highest BCUT2D eigenvalue weighted by Gasteiger charge is 2.34. The van der Waals surface area contributed by atoms with Gasteiger partial charge in [-0.05, 0) is 61.5 Å². The molecular weight excluding hydrogens is 386 g/mol.